The van der Waals surface area contributed by atoms with Crippen LogP contribution in [0.25, 0.3) is 0 Å². The quantitative estimate of drug-likeness (QED) is 0.807. The van der Waals surface area contributed by atoms with Crippen LogP contribution in [0, 0.1) is 0 Å². The summed E-state index contributed by atoms with van der Waals surface area (Å²) < 4.78 is 27.1. The first kappa shape index (κ1) is 18.2. The molecule has 0 fully saturated rings. The van der Waals surface area contributed by atoms with Gasteiger partial charge in [0.2, 0.25) is 0 Å². The van der Waals surface area contributed by atoms with Crippen LogP contribution in [0.1, 0.15) is 11.5 Å². The van der Waals surface area contributed by atoms with E-state index in [0.717, 1.165) is 11.8 Å². The smallest absolute Gasteiger partial charge is 0.342 e. The second-order valence-corrected chi connectivity index (χ2v) is 7.76. The molecule has 0 spiro atoms. The maximum atomic E-state index is 12.3. The van der Waals surface area contributed by atoms with Crippen LogP contribution in [0.4, 0.5) is 10.5 Å². The van der Waals surface area contributed by atoms with Crippen LogP contribution in [-0.2, 0) is 10.1 Å². The molecule has 9 heteroatoms. The molecule has 2 aromatic carbocycles. The van der Waals surface area contributed by atoms with Crippen molar-refractivity contribution in [1.29, 1.82) is 0 Å². The van der Waals surface area contributed by atoms with E-state index in [1.54, 1.807) is 54.7 Å². The molecule has 7 nitrogen and oxygen atoms in total. The molecule has 0 aliphatic carbocycles. The highest BCUT2D eigenvalue weighted by Gasteiger charge is 2.24. The van der Waals surface area contributed by atoms with E-state index < -0.39 is 10.1 Å². The van der Waals surface area contributed by atoms with Gasteiger partial charge in [-0.2, -0.15) is 13.5 Å². The van der Waals surface area contributed by atoms with E-state index in [1.807, 2.05) is 0 Å². The monoisotopic (exact) mass is 393 g/mol. The van der Waals surface area contributed by atoms with Crippen molar-refractivity contribution in [3.63, 3.8) is 0 Å². The SMILES string of the molecule is CS(=O)(=O)Oc1ccc(C2C=NN(C(=O)Nc3ccc(Cl)cc3)C2)cc1. The van der Waals surface area contributed by atoms with Gasteiger partial charge in [-0.25, -0.2) is 9.80 Å². The van der Waals surface area contributed by atoms with Gasteiger partial charge < -0.3 is 9.50 Å². The molecule has 0 bridgehead atoms. The first-order valence-corrected chi connectivity index (χ1v) is 9.87. The minimum Gasteiger partial charge on any atom is -0.383 e. The standard InChI is InChI=1S/C17H16ClN3O4S/c1-26(23,24)25-16-8-2-12(3-9-16)13-10-19-21(11-13)17(22)20-15-6-4-14(18)5-7-15/h2-10,13H,11H2,1H3,(H,20,22). The van der Waals surface area contributed by atoms with E-state index in [2.05, 4.69) is 10.4 Å². The van der Waals surface area contributed by atoms with Gasteiger partial charge in [-0.05, 0) is 42.0 Å². The lowest BCUT2D eigenvalue weighted by Gasteiger charge is -2.15. The van der Waals surface area contributed by atoms with Crippen LogP contribution < -0.4 is 9.50 Å². The van der Waals surface area contributed by atoms with Crippen LogP contribution in [0.2, 0.25) is 5.02 Å². The highest BCUT2D eigenvalue weighted by molar-refractivity contribution is 7.86. The summed E-state index contributed by atoms with van der Waals surface area (Å²) in [4.78, 5) is 12.3. The molecule has 1 aliphatic rings. The first-order valence-electron chi connectivity index (χ1n) is 7.68. The van der Waals surface area contributed by atoms with Crippen LogP contribution in [-0.4, -0.2) is 38.5 Å². The minimum absolute atomic E-state index is 0.0850. The second-order valence-electron chi connectivity index (χ2n) is 5.75. The summed E-state index contributed by atoms with van der Waals surface area (Å²) in [6, 6.07) is 13.1. The van der Waals surface area contributed by atoms with Crippen LogP contribution in [0.15, 0.2) is 53.6 Å². The number of carbonyl (C=O) groups excluding carboxylic acids is 1. The predicted octanol–water partition coefficient (Wildman–Crippen LogP) is 3.30. The lowest BCUT2D eigenvalue weighted by molar-refractivity contribution is 0.218. The Hall–Kier alpha value is -2.58. The Labute approximate surface area is 156 Å². The lowest BCUT2D eigenvalue weighted by atomic mass is 10.0. The molecule has 1 aliphatic heterocycles. The molecular formula is C17H16ClN3O4S. The molecule has 2 aromatic rings. The molecule has 26 heavy (non-hydrogen) atoms. The van der Waals surface area contributed by atoms with E-state index >= 15 is 0 Å². The fourth-order valence-corrected chi connectivity index (χ4v) is 3.02. The summed E-state index contributed by atoms with van der Waals surface area (Å²) in [6.07, 6.45) is 2.66. The molecular weight excluding hydrogens is 378 g/mol. The Balaban J connectivity index is 1.60. The predicted molar refractivity (Wildman–Crippen MR) is 100 cm³/mol. The number of urea groups is 1. The molecule has 136 valence electrons. The van der Waals surface area contributed by atoms with Crippen molar-refractivity contribution in [2.24, 2.45) is 5.10 Å². The third kappa shape index (κ3) is 4.74. The number of halogens is 1. The Bertz CT molecular complexity index is 927. The van der Waals surface area contributed by atoms with Gasteiger partial charge in [0, 0.05) is 22.8 Å². The highest BCUT2D eigenvalue weighted by atomic mass is 35.5. The number of nitrogens with zero attached hydrogens (tertiary/aromatic N) is 2. The largest absolute Gasteiger partial charge is 0.383 e. The van der Waals surface area contributed by atoms with Crippen molar-refractivity contribution in [2.75, 3.05) is 18.1 Å². The average molecular weight is 394 g/mol. The fourth-order valence-electron chi connectivity index (χ4n) is 2.43. The Morgan fingerprint density at radius 1 is 1.19 bits per heavy atom. The number of hydrogen-bond acceptors (Lipinski definition) is 5. The van der Waals surface area contributed by atoms with Gasteiger partial charge >= 0.3 is 16.1 Å². The lowest BCUT2D eigenvalue weighted by Crippen LogP contribution is -2.30. The topological polar surface area (TPSA) is 88.1 Å². The summed E-state index contributed by atoms with van der Waals surface area (Å²) in [5, 5.41) is 8.80. The second kappa shape index (κ2) is 7.35. The molecule has 1 N–H and O–H groups in total. The molecule has 1 heterocycles. The van der Waals surface area contributed by atoms with Gasteiger partial charge in [0.25, 0.3) is 0 Å². The number of anilines is 1. The summed E-state index contributed by atoms with van der Waals surface area (Å²) in [5.41, 5.74) is 1.52. The van der Waals surface area contributed by atoms with Crippen molar-refractivity contribution in [1.82, 2.24) is 5.01 Å². The molecule has 0 radical (unpaired) electrons. The molecule has 0 saturated carbocycles. The molecule has 2 amide bonds. The Morgan fingerprint density at radius 3 is 2.46 bits per heavy atom. The van der Waals surface area contributed by atoms with E-state index in [9.17, 15) is 13.2 Å². The van der Waals surface area contributed by atoms with Crippen molar-refractivity contribution >= 4 is 39.7 Å². The fraction of sp³-hybridized carbons (Fsp3) is 0.176. The van der Waals surface area contributed by atoms with Crippen LogP contribution in [0.3, 0.4) is 0 Å². The van der Waals surface area contributed by atoms with Gasteiger partial charge in [-0.3, -0.25) is 0 Å². The van der Waals surface area contributed by atoms with Gasteiger partial charge in [-0.15, -0.1) is 0 Å². The minimum atomic E-state index is -3.56. The molecule has 1 atom stereocenters. The maximum Gasteiger partial charge on any atom is 0.342 e. The molecule has 3 rings (SSSR count). The van der Waals surface area contributed by atoms with E-state index in [-0.39, 0.29) is 17.7 Å². The van der Waals surface area contributed by atoms with E-state index in [1.165, 1.54) is 5.01 Å². The highest BCUT2D eigenvalue weighted by Crippen LogP contribution is 2.24. The number of nitrogens with one attached hydrogen (secondary N) is 1. The zero-order chi connectivity index (χ0) is 18.7. The molecule has 1 unspecified atom stereocenters. The Morgan fingerprint density at radius 2 is 1.85 bits per heavy atom. The van der Waals surface area contributed by atoms with Crippen molar-refractivity contribution in [2.45, 2.75) is 5.92 Å². The molecule has 0 aromatic heterocycles. The number of rotatable bonds is 4. The summed E-state index contributed by atoms with van der Waals surface area (Å²) in [5.74, 6) is 0.154. The number of carbonyl (C=O) groups is 1. The third-order valence-corrected chi connectivity index (χ3v) is 4.39. The van der Waals surface area contributed by atoms with Gasteiger partial charge in [0.1, 0.15) is 5.75 Å². The van der Waals surface area contributed by atoms with Crippen molar-refractivity contribution in [3.05, 3.63) is 59.1 Å². The normalized spacial score (nSPS) is 16.5. The summed E-state index contributed by atoms with van der Waals surface area (Å²) in [6.45, 7) is 0.381. The zero-order valence-corrected chi connectivity index (χ0v) is 15.4. The molecule has 0 saturated heterocycles. The van der Waals surface area contributed by atoms with Gasteiger partial charge in [0.15, 0.2) is 0 Å². The van der Waals surface area contributed by atoms with E-state index in [4.69, 9.17) is 15.8 Å². The summed E-state index contributed by atoms with van der Waals surface area (Å²) in [7, 11) is -3.56. The van der Waals surface area contributed by atoms with E-state index in [0.29, 0.717) is 17.3 Å². The van der Waals surface area contributed by atoms with Crippen molar-refractivity contribution < 1.29 is 17.4 Å². The van der Waals surface area contributed by atoms with Crippen LogP contribution in [0.5, 0.6) is 5.75 Å². The first-order chi connectivity index (χ1) is 12.3. The summed E-state index contributed by atoms with van der Waals surface area (Å²) >= 11 is 5.82. The van der Waals surface area contributed by atoms with Crippen molar-refractivity contribution in [3.8, 4) is 5.75 Å². The number of hydrogen-bond donors (Lipinski definition) is 1. The number of hydrazone groups is 1. The van der Waals surface area contributed by atoms with Gasteiger partial charge in [0.05, 0.1) is 12.8 Å². The average Bonchev–Trinajstić information content (AvgIpc) is 3.06. The Kier molecular flexibility index (Phi) is 5.15. The van der Waals surface area contributed by atoms with Crippen LogP contribution >= 0.6 is 11.6 Å². The third-order valence-electron chi connectivity index (χ3n) is 3.64. The number of amides is 2. The number of benzene rings is 2. The zero-order valence-electron chi connectivity index (χ0n) is 13.8. The maximum absolute atomic E-state index is 12.3. The van der Waals surface area contributed by atoms with Gasteiger partial charge in [-0.1, -0.05) is 23.7 Å².